The van der Waals surface area contributed by atoms with Crippen LogP contribution in [-0.4, -0.2) is 63.8 Å². The number of rotatable bonds is 4. The molecule has 6 nitrogen and oxygen atoms in total. The molecular weight excluding hydrogens is 282 g/mol. The molecule has 22 heavy (non-hydrogen) atoms. The van der Waals surface area contributed by atoms with Crippen LogP contribution in [-0.2, 0) is 9.59 Å². The summed E-state index contributed by atoms with van der Waals surface area (Å²) < 4.78 is 0. The first-order valence-electron chi connectivity index (χ1n) is 8.48. The summed E-state index contributed by atoms with van der Waals surface area (Å²) in [6.07, 6.45) is 4.52. The summed E-state index contributed by atoms with van der Waals surface area (Å²) in [6, 6.07) is -0.276. The molecular formula is C16H25N3O3. The zero-order valence-electron chi connectivity index (χ0n) is 13.5. The molecule has 0 spiro atoms. The molecule has 3 rings (SSSR count). The van der Waals surface area contributed by atoms with Crippen LogP contribution in [0.15, 0.2) is 0 Å². The van der Waals surface area contributed by atoms with Crippen LogP contribution in [0.4, 0.5) is 4.79 Å². The fourth-order valence-electron chi connectivity index (χ4n) is 4.33. The molecule has 3 saturated heterocycles. The first-order valence-corrected chi connectivity index (χ1v) is 8.48. The second kappa shape index (κ2) is 5.56. The highest BCUT2D eigenvalue weighted by molar-refractivity contribution is 6.07. The highest BCUT2D eigenvalue weighted by atomic mass is 16.2. The largest absolute Gasteiger partial charge is 0.341 e. The van der Waals surface area contributed by atoms with Crippen LogP contribution < -0.4 is 0 Å². The number of urea groups is 1. The predicted octanol–water partition coefficient (Wildman–Crippen LogP) is 1.59. The molecule has 6 heteroatoms. The Balaban J connectivity index is 1.80. The van der Waals surface area contributed by atoms with E-state index in [0.717, 1.165) is 25.7 Å². The highest BCUT2D eigenvalue weighted by Gasteiger charge is 2.60. The van der Waals surface area contributed by atoms with Gasteiger partial charge < -0.3 is 9.80 Å². The summed E-state index contributed by atoms with van der Waals surface area (Å²) >= 11 is 0. The van der Waals surface area contributed by atoms with Crippen molar-refractivity contribution >= 4 is 17.8 Å². The van der Waals surface area contributed by atoms with Crippen molar-refractivity contribution in [3.8, 4) is 0 Å². The monoisotopic (exact) mass is 307 g/mol. The Morgan fingerprint density at radius 1 is 1.27 bits per heavy atom. The maximum atomic E-state index is 13.0. The van der Waals surface area contributed by atoms with E-state index in [1.807, 2.05) is 6.92 Å². The molecule has 2 atom stereocenters. The lowest BCUT2D eigenvalue weighted by atomic mass is 9.90. The van der Waals surface area contributed by atoms with Crippen LogP contribution in [0.5, 0.6) is 0 Å². The van der Waals surface area contributed by atoms with Crippen LogP contribution in [0.3, 0.4) is 0 Å². The van der Waals surface area contributed by atoms with Gasteiger partial charge in [-0.3, -0.25) is 14.5 Å². The molecule has 0 radical (unpaired) electrons. The Morgan fingerprint density at radius 3 is 2.73 bits per heavy atom. The van der Waals surface area contributed by atoms with Crippen LogP contribution in [0, 0.1) is 0 Å². The molecule has 0 aromatic carbocycles. The Bertz CT molecular complexity index is 507. The van der Waals surface area contributed by atoms with Crippen LogP contribution in [0.25, 0.3) is 0 Å². The number of fused-ring (bicyclic) bond motifs is 1. The molecule has 0 bridgehead atoms. The van der Waals surface area contributed by atoms with Crippen molar-refractivity contribution in [2.75, 3.05) is 19.6 Å². The number of amides is 4. The quantitative estimate of drug-likeness (QED) is 0.741. The van der Waals surface area contributed by atoms with E-state index in [1.54, 1.807) is 9.80 Å². The minimum absolute atomic E-state index is 0.0207. The summed E-state index contributed by atoms with van der Waals surface area (Å²) in [5, 5.41) is 0. The fraction of sp³-hybridized carbons (Fsp3) is 0.812. The molecule has 3 heterocycles. The van der Waals surface area contributed by atoms with Gasteiger partial charge in [0.15, 0.2) is 0 Å². The molecule has 0 aromatic heterocycles. The van der Waals surface area contributed by atoms with Gasteiger partial charge in [0.25, 0.3) is 5.91 Å². The smallest absolute Gasteiger partial charge is 0.327 e. The average Bonchev–Trinajstić information content (AvgIpc) is 3.17. The number of imide groups is 1. The van der Waals surface area contributed by atoms with Gasteiger partial charge in [0.2, 0.25) is 5.91 Å². The highest BCUT2D eigenvalue weighted by Crippen LogP contribution is 2.42. The molecule has 0 aromatic rings. The standard InChI is InChI=1S/C16H25N3O3/c1-3-7-16-8-5-9-18(16)15(22)19(14(16)21)12-6-10-17(11-12)13(20)4-2/h12H,3-11H2,1-2H3. The second-order valence-electron chi connectivity index (χ2n) is 6.63. The first-order chi connectivity index (χ1) is 10.5. The molecule has 122 valence electrons. The van der Waals surface area contributed by atoms with Gasteiger partial charge >= 0.3 is 6.03 Å². The lowest BCUT2D eigenvalue weighted by Crippen LogP contribution is -2.47. The van der Waals surface area contributed by atoms with E-state index in [4.69, 9.17) is 0 Å². The normalized spacial score (nSPS) is 31.4. The van der Waals surface area contributed by atoms with E-state index in [1.165, 1.54) is 4.90 Å². The van der Waals surface area contributed by atoms with Gasteiger partial charge in [0.05, 0.1) is 6.04 Å². The summed E-state index contributed by atoms with van der Waals surface area (Å²) in [7, 11) is 0. The van der Waals surface area contributed by atoms with Crippen molar-refractivity contribution in [3.05, 3.63) is 0 Å². The van der Waals surface area contributed by atoms with Gasteiger partial charge in [0, 0.05) is 26.1 Å². The maximum Gasteiger partial charge on any atom is 0.327 e. The van der Waals surface area contributed by atoms with E-state index in [-0.39, 0.29) is 23.9 Å². The average molecular weight is 307 g/mol. The number of carbonyl (C=O) groups is 3. The first kappa shape index (κ1) is 15.3. The Morgan fingerprint density at radius 2 is 2.05 bits per heavy atom. The Labute approximate surface area is 131 Å². The Kier molecular flexibility index (Phi) is 3.87. The van der Waals surface area contributed by atoms with Gasteiger partial charge in [-0.1, -0.05) is 20.3 Å². The van der Waals surface area contributed by atoms with Gasteiger partial charge in [-0.25, -0.2) is 4.79 Å². The number of carbonyl (C=O) groups excluding carboxylic acids is 3. The van der Waals surface area contributed by atoms with E-state index < -0.39 is 5.54 Å². The summed E-state index contributed by atoms with van der Waals surface area (Å²) in [5.74, 6) is 0.0815. The maximum absolute atomic E-state index is 13.0. The summed E-state index contributed by atoms with van der Waals surface area (Å²) in [6.45, 7) is 5.73. The van der Waals surface area contributed by atoms with E-state index in [9.17, 15) is 14.4 Å². The number of likely N-dealkylation sites (tertiary alicyclic amines) is 1. The third-order valence-electron chi connectivity index (χ3n) is 5.39. The summed E-state index contributed by atoms with van der Waals surface area (Å²) in [5.41, 5.74) is -0.589. The third-order valence-corrected chi connectivity index (χ3v) is 5.39. The van der Waals surface area contributed by atoms with Crippen LogP contribution in [0.1, 0.15) is 52.4 Å². The predicted molar refractivity (Wildman–Crippen MR) is 81.1 cm³/mol. The molecule has 0 saturated carbocycles. The molecule has 2 unspecified atom stereocenters. The lowest BCUT2D eigenvalue weighted by Gasteiger charge is -2.27. The molecule has 3 aliphatic heterocycles. The van der Waals surface area contributed by atoms with Crippen molar-refractivity contribution in [1.82, 2.24) is 14.7 Å². The SMILES string of the molecule is CCCC12CCCN1C(=O)N(C1CCN(C(=O)CC)C1)C2=O. The zero-order chi connectivity index (χ0) is 15.9. The van der Waals surface area contributed by atoms with Crippen molar-refractivity contribution in [1.29, 1.82) is 0 Å². The Hall–Kier alpha value is -1.59. The van der Waals surface area contributed by atoms with Gasteiger partial charge in [-0.05, 0) is 25.7 Å². The van der Waals surface area contributed by atoms with Crippen molar-refractivity contribution < 1.29 is 14.4 Å². The molecule has 3 aliphatic rings. The minimum atomic E-state index is -0.589. The van der Waals surface area contributed by atoms with Crippen molar-refractivity contribution in [3.63, 3.8) is 0 Å². The number of hydrogen-bond acceptors (Lipinski definition) is 3. The van der Waals surface area contributed by atoms with E-state index in [2.05, 4.69) is 6.92 Å². The molecule has 3 fully saturated rings. The molecule has 4 amide bonds. The lowest BCUT2D eigenvalue weighted by molar-refractivity contribution is -0.135. The fourth-order valence-corrected chi connectivity index (χ4v) is 4.33. The minimum Gasteiger partial charge on any atom is -0.341 e. The van der Waals surface area contributed by atoms with Gasteiger partial charge in [-0.15, -0.1) is 0 Å². The van der Waals surface area contributed by atoms with Gasteiger partial charge in [-0.2, -0.15) is 0 Å². The van der Waals surface area contributed by atoms with E-state index >= 15 is 0 Å². The number of nitrogens with zero attached hydrogens (tertiary/aromatic N) is 3. The van der Waals surface area contributed by atoms with Crippen molar-refractivity contribution in [2.24, 2.45) is 0 Å². The molecule has 0 N–H and O–H groups in total. The van der Waals surface area contributed by atoms with Crippen LogP contribution in [0.2, 0.25) is 0 Å². The summed E-state index contributed by atoms with van der Waals surface area (Å²) in [4.78, 5) is 42.6. The van der Waals surface area contributed by atoms with Crippen molar-refractivity contribution in [2.45, 2.75) is 64.0 Å². The topological polar surface area (TPSA) is 60.9 Å². The van der Waals surface area contributed by atoms with E-state index in [0.29, 0.717) is 32.5 Å². The number of hydrogen-bond donors (Lipinski definition) is 0. The third kappa shape index (κ3) is 2.03. The van der Waals surface area contributed by atoms with Gasteiger partial charge in [0.1, 0.15) is 5.54 Å². The van der Waals surface area contributed by atoms with Crippen LogP contribution >= 0.6 is 0 Å². The molecule has 0 aliphatic carbocycles. The zero-order valence-corrected chi connectivity index (χ0v) is 13.5. The second-order valence-corrected chi connectivity index (χ2v) is 6.63.